The molecule has 1 heterocycles. The predicted molar refractivity (Wildman–Crippen MR) is 89.2 cm³/mol. The van der Waals surface area contributed by atoms with Gasteiger partial charge in [-0.25, -0.2) is 4.79 Å². The zero-order valence-electron chi connectivity index (χ0n) is 13.9. The highest BCUT2D eigenvalue weighted by molar-refractivity contribution is 6.30. The molecule has 0 aliphatic heterocycles. The second kappa shape index (κ2) is 7.44. The second-order valence-electron chi connectivity index (χ2n) is 5.62. The van der Waals surface area contributed by atoms with Crippen LogP contribution in [0.15, 0.2) is 24.3 Å². The summed E-state index contributed by atoms with van der Waals surface area (Å²) >= 11 is 5.96. The first kappa shape index (κ1) is 17.9. The van der Waals surface area contributed by atoms with E-state index in [0.717, 1.165) is 0 Å². The molecule has 1 atom stereocenters. The Morgan fingerprint density at radius 3 is 2.58 bits per heavy atom. The van der Waals surface area contributed by atoms with Crippen molar-refractivity contribution in [2.75, 3.05) is 7.11 Å². The molecule has 1 aromatic carbocycles. The summed E-state index contributed by atoms with van der Waals surface area (Å²) in [6.45, 7) is 5.31. The maximum absolute atomic E-state index is 12.5. The molecule has 128 valence electrons. The zero-order chi connectivity index (χ0) is 17.9. The normalized spacial score (nSPS) is 12.1. The van der Waals surface area contributed by atoms with Gasteiger partial charge in [0.2, 0.25) is 0 Å². The van der Waals surface area contributed by atoms with Crippen molar-refractivity contribution in [1.29, 1.82) is 0 Å². The highest BCUT2D eigenvalue weighted by atomic mass is 35.5. The van der Waals surface area contributed by atoms with E-state index in [2.05, 4.69) is 15.5 Å². The van der Waals surface area contributed by atoms with Gasteiger partial charge in [0.1, 0.15) is 6.04 Å². The van der Waals surface area contributed by atoms with Crippen LogP contribution >= 0.6 is 11.6 Å². The number of ether oxygens (including phenoxy) is 1. The molecule has 1 amide bonds. The third kappa shape index (κ3) is 3.91. The monoisotopic (exact) mass is 350 g/mol. The van der Waals surface area contributed by atoms with E-state index in [1.54, 1.807) is 31.2 Å². The Morgan fingerprint density at radius 2 is 2.00 bits per heavy atom. The van der Waals surface area contributed by atoms with Crippen LogP contribution in [0.2, 0.25) is 5.02 Å². The van der Waals surface area contributed by atoms with Gasteiger partial charge in [0.25, 0.3) is 5.91 Å². The van der Waals surface area contributed by atoms with Crippen molar-refractivity contribution >= 4 is 23.5 Å². The van der Waals surface area contributed by atoms with Gasteiger partial charge in [-0.2, -0.15) is 9.90 Å². The molecule has 0 radical (unpaired) electrons. The Bertz CT molecular complexity index is 758. The molecule has 1 N–H and O–H groups in total. The number of aromatic nitrogens is 3. The number of benzene rings is 1. The lowest BCUT2D eigenvalue weighted by atomic mass is 10.0. The Hall–Kier alpha value is -2.41. The number of amides is 1. The molecule has 0 saturated heterocycles. The number of rotatable bonds is 5. The van der Waals surface area contributed by atoms with Gasteiger partial charge in [0.05, 0.1) is 18.5 Å². The lowest BCUT2D eigenvalue weighted by Gasteiger charge is -2.19. The molecule has 0 saturated carbocycles. The number of esters is 1. The van der Waals surface area contributed by atoms with Gasteiger partial charge in [-0.05, 0) is 31.0 Å². The zero-order valence-corrected chi connectivity index (χ0v) is 14.7. The van der Waals surface area contributed by atoms with E-state index in [4.69, 9.17) is 16.3 Å². The maximum Gasteiger partial charge on any atom is 0.328 e. The number of carbonyl (C=O) groups is 2. The van der Waals surface area contributed by atoms with Crippen molar-refractivity contribution in [3.8, 4) is 5.69 Å². The molecule has 24 heavy (non-hydrogen) atoms. The minimum atomic E-state index is -0.752. The molecular weight excluding hydrogens is 332 g/mol. The lowest BCUT2D eigenvalue weighted by molar-refractivity contribution is -0.144. The van der Waals surface area contributed by atoms with Crippen LogP contribution in [0.5, 0.6) is 0 Å². The number of aryl methyl sites for hydroxylation is 1. The molecule has 0 fully saturated rings. The maximum atomic E-state index is 12.5. The molecule has 0 aliphatic carbocycles. The van der Waals surface area contributed by atoms with Gasteiger partial charge in [-0.15, -0.1) is 5.10 Å². The summed E-state index contributed by atoms with van der Waals surface area (Å²) < 4.78 is 4.72. The Kier molecular flexibility index (Phi) is 5.56. The Morgan fingerprint density at radius 1 is 1.29 bits per heavy atom. The molecule has 0 aliphatic rings. The van der Waals surface area contributed by atoms with Crippen LogP contribution in [0.3, 0.4) is 0 Å². The van der Waals surface area contributed by atoms with Crippen LogP contribution in [0.1, 0.15) is 30.0 Å². The summed E-state index contributed by atoms with van der Waals surface area (Å²) in [6.07, 6.45) is 0. The van der Waals surface area contributed by atoms with Crippen LogP contribution in [0.25, 0.3) is 5.69 Å². The van der Waals surface area contributed by atoms with Crippen molar-refractivity contribution in [1.82, 2.24) is 20.3 Å². The SMILES string of the molecule is COC(=O)C(NC(=O)c1nn(-c2cccc(Cl)c2)nc1C)C(C)C. The standard InChI is InChI=1S/C16H19ClN4O3/c1-9(2)13(16(23)24-4)18-15(22)14-10(3)19-21(20-14)12-7-5-6-11(17)8-12/h5-9,13H,1-4H3,(H,18,22). The van der Waals surface area contributed by atoms with Crippen LogP contribution < -0.4 is 5.32 Å². The van der Waals surface area contributed by atoms with Crippen LogP contribution in [0.4, 0.5) is 0 Å². The van der Waals surface area contributed by atoms with Gasteiger partial charge in [0, 0.05) is 5.02 Å². The van der Waals surface area contributed by atoms with Gasteiger partial charge in [-0.1, -0.05) is 31.5 Å². The Labute approximate surface area is 144 Å². The average Bonchev–Trinajstić information content (AvgIpc) is 2.93. The first-order chi connectivity index (χ1) is 11.3. The van der Waals surface area contributed by atoms with Crippen molar-refractivity contribution in [2.24, 2.45) is 5.92 Å². The molecule has 0 bridgehead atoms. The van der Waals surface area contributed by atoms with Crippen molar-refractivity contribution in [2.45, 2.75) is 26.8 Å². The van der Waals surface area contributed by atoms with Crippen molar-refractivity contribution in [3.63, 3.8) is 0 Å². The van der Waals surface area contributed by atoms with E-state index < -0.39 is 17.9 Å². The van der Waals surface area contributed by atoms with Gasteiger partial charge < -0.3 is 10.1 Å². The number of hydrogen-bond acceptors (Lipinski definition) is 5. The number of halogens is 1. The summed E-state index contributed by atoms with van der Waals surface area (Å²) in [6, 6.07) is 6.21. The lowest BCUT2D eigenvalue weighted by Crippen LogP contribution is -2.45. The van der Waals surface area contributed by atoms with E-state index >= 15 is 0 Å². The third-order valence-corrected chi connectivity index (χ3v) is 3.68. The van der Waals surface area contributed by atoms with E-state index in [0.29, 0.717) is 16.4 Å². The second-order valence-corrected chi connectivity index (χ2v) is 6.06. The number of carbonyl (C=O) groups excluding carboxylic acids is 2. The molecule has 2 rings (SSSR count). The largest absolute Gasteiger partial charge is 0.467 e. The summed E-state index contributed by atoms with van der Waals surface area (Å²) in [5, 5.41) is 11.6. The molecule has 8 heteroatoms. The van der Waals surface area contributed by atoms with Crippen molar-refractivity contribution < 1.29 is 14.3 Å². The van der Waals surface area contributed by atoms with E-state index in [1.807, 2.05) is 13.8 Å². The van der Waals surface area contributed by atoms with E-state index in [-0.39, 0.29) is 11.6 Å². The number of hydrogen-bond donors (Lipinski definition) is 1. The van der Waals surface area contributed by atoms with Crippen LogP contribution in [-0.2, 0) is 9.53 Å². The first-order valence-corrected chi connectivity index (χ1v) is 7.80. The number of nitrogens with zero attached hydrogens (tertiary/aromatic N) is 3. The fourth-order valence-corrected chi connectivity index (χ4v) is 2.32. The molecular formula is C16H19ClN4O3. The fourth-order valence-electron chi connectivity index (χ4n) is 2.14. The molecule has 7 nitrogen and oxygen atoms in total. The number of methoxy groups -OCH3 is 1. The predicted octanol–water partition coefficient (Wildman–Crippen LogP) is 2.16. The fraction of sp³-hybridized carbons (Fsp3) is 0.375. The molecule has 1 unspecified atom stereocenters. The minimum absolute atomic E-state index is 0.121. The number of nitrogens with one attached hydrogen (secondary N) is 1. The smallest absolute Gasteiger partial charge is 0.328 e. The van der Waals surface area contributed by atoms with Crippen LogP contribution in [-0.4, -0.2) is 40.0 Å². The quantitative estimate of drug-likeness (QED) is 0.835. The molecule has 2 aromatic rings. The Balaban J connectivity index is 2.26. The summed E-state index contributed by atoms with van der Waals surface area (Å²) in [5.41, 5.74) is 1.22. The first-order valence-electron chi connectivity index (χ1n) is 7.42. The van der Waals surface area contributed by atoms with Crippen LogP contribution in [0, 0.1) is 12.8 Å². The van der Waals surface area contributed by atoms with E-state index in [1.165, 1.54) is 11.9 Å². The topological polar surface area (TPSA) is 86.1 Å². The van der Waals surface area contributed by atoms with Crippen molar-refractivity contribution in [3.05, 3.63) is 40.7 Å². The summed E-state index contributed by atoms with van der Waals surface area (Å²) in [7, 11) is 1.28. The average molecular weight is 351 g/mol. The summed E-state index contributed by atoms with van der Waals surface area (Å²) in [4.78, 5) is 25.6. The van der Waals surface area contributed by atoms with Gasteiger partial charge in [0.15, 0.2) is 5.69 Å². The van der Waals surface area contributed by atoms with E-state index in [9.17, 15) is 9.59 Å². The molecule has 0 spiro atoms. The minimum Gasteiger partial charge on any atom is -0.467 e. The summed E-state index contributed by atoms with van der Waals surface area (Å²) in [5.74, 6) is -1.10. The molecule has 1 aromatic heterocycles. The third-order valence-electron chi connectivity index (χ3n) is 3.44. The highest BCUT2D eigenvalue weighted by Gasteiger charge is 2.27. The van der Waals surface area contributed by atoms with Gasteiger partial charge in [-0.3, -0.25) is 4.79 Å². The van der Waals surface area contributed by atoms with Gasteiger partial charge >= 0.3 is 5.97 Å². The highest BCUT2D eigenvalue weighted by Crippen LogP contribution is 2.15.